The minimum absolute atomic E-state index is 0.621. The summed E-state index contributed by atoms with van der Waals surface area (Å²) >= 11 is 6.02. The summed E-state index contributed by atoms with van der Waals surface area (Å²) in [5.41, 5.74) is 1.87. The van der Waals surface area contributed by atoms with Crippen LogP contribution in [-0.4, -0.2) is 23.1 Å². The minimum atomic E-state index is 0.621. The first-order valence-corrected chi connectivity index (χ1v) is 8.11. The van der Waals surface area contributed by atoms with Gasteiger partial charge in [0.25, 0.3) is 0 Å². The molecule has 3 rings (SSSR count). The summed E-state index contributed by atoms with van der Waals surface area (Å²) < 4.78 is 0. The summed E-state index contributed by atoms with van der Waals surface area (Å²) in [6.45, 7) is 6.44. The van der Waals surface area contributed by atoms with Gasteiger partial charge in [-0.15, -0.1) is 0 Å². The largest absolute Gasteiger partial charge is 0.356 e. The van der Waals surface area contributed by atoms with Gasteiger partial charge in [-0.05, 0) is 43.9 Å². The second-order valence-electron chi connectivity index (χ2n) is 6.00. The van der Waals surface area contributed by atoms with Gasteiger partial charge in [0.15, 0.2) is 0 Å². The molecule has 0 unspecified atom stereocenters. The molecule has 1 saturated heterocycles. The van der Waals surface area contributed by atoms with Crippen molar-refractivity contribution in [1.29, 1.82) is 0 Å². The van der Waals surface area contributed by atoms with Crippen molar-refractivity contribution in [3.63, 3.8) is 0 Å². The smallest absolute Gasteiger partial charge is 0.229 e. The first-order valence-electron chi connectivity index (χ1n) is 7.73. The average molecular weight is 317 g/mol. The Morgan fingerprint density at radius 1 is 1.18 bits per heavy atom. The predicted molar refractivity (Wildman–Crippen MR) is 92.1 cm³/mol. The Labute approximate surface area is 136 Å². The highest BCUT2D eigenvalue weighted by Gasteiger charge is 2.18. The van der Waals surface area contributed by atoms with Gasteiger partial charge in [-0.1, -0.05) is 24.6 Å². The second kappa shape index (κ2) is 6.53. The van der Waals surface area contributed by atoms with E-state index >= 15 is 0 Å². The molecule has 1 N–H and O–H groups in total. The van der Waals surface area contributed by atoms with Crippen LogP contribution in [0.2, 0.25) is 5.02 Å². The van der Waals surface area contributed by atoms with Crippen LogP contribution in [0.1, 0.15) is 25.5 Å². The number of halogens is 1. The first kappa shape index (κ1) is 15.1. The lowest BCUT2D eigenvalue weighted by molar-refractivity contribution is 0.436. The molecule has 116 valence electrons. The SMILES string of the molecule is Cc1cc(N2CCC(C)CC2)nc(Nc2cccc(Cl)c2)n1. The number of aromatic nitrogens is 2. The zero-order valence-electron chi connectivity index (χ0n) is 13.0. The lowest BCUT2D eigenvalue weighted by Crippen LogP contribution is -2.33. The van der Waals surface area contributed by atoms with Crippen molar-refractivity contribution in [2.75, 3.05) is 23.3 Å². The number of anilines is 3. The summed E-state index contributed by atoms with van der Waals surface area (Å²) in [5.74, 6) is 2.43. The van der Waals surface area contributed by atoms with E-state index in [2.05, 4.69) is 33.2 Å². The number of hydrogen-bond acceptors (Lipinski definition) is 4. The van der Waals surface area contributed by atoms with Crippen LogP contribution in [-0.2, 0) is 0 Å². The number of nitrogens with zero attached hydrogens (tertiary/aromatic N) is 3. The highest BCUT2D eigenvalue weighted by molar-refractivity contribution is 6.30. The molecule has 2 aromatic rings. The van der Waals surface area contributed by atoms with Crippen molar-refractivity contribution in [2.24, 2.45) is 5.92 Å². The van der Waals surface area contributed by atoms with E-state index in [1.807, 2.05) is 31.2 Å². The van der Waals surface area contributed by atoms with Gasteiger partial charge in [0.1, 0.15) is 5.82 Å². The van der Waals surface area contributed by atoms with Crippen LogP contribution in [0.3, 0.4) is 0 Å². The summed E-state index contributed by atoms with van der Waals surface area (Å²) in [6, 6.07) is 9.64. The van der Waals surface area contributed by atoms with Crippen LogP contribution in [0.25, 0.3) is 0 Å². The van der Waals surface area contributed by atoms with Gasteiger partial charge in [-0.25, -0.2) is 4.98 Å². The van der Waals surface area contributed by atoms with Gasteiger partial charge in [-0.2, -0.15) is 4.98 Å². The second-order valence-corrected chi connectivity index (χ2v) is 6.43. The Kier molecular flexibility index (Phi) is 4.48. The first-order chi connectivity index (χ1) is 10.6. The Morgan fingerprint density at radius 3 is 2.68 bits per heavy atom. The molecule has 2 heterocycles. The van der Waals surface area contributed by atoms with Crippen molar-refractivity contribution in [3.8, 4) is 0 Å². The van der Waals surface area contributed by atoms with E-state index in [4.69, 9.17) is 11.6 Å². The lowest BCUT2D eigenvalue weighted by atomic mass is 9.99. The van der Waals surface area contributed by atoms with E-state index < -0.39 is 0 Å². The van der Waals surface area contributed by atoms with E-state index in [9.17, 15) is 0 Å². The van der Waals surface area contributed by atoms with Gasteiger partial charge >= 0.3 is 0 Å². The maximum atomic E-state index is 6.02. The maximum absolute atomic E-state index is 6.02. The molecule has 1 aromatic heterocycles. The van der Waals surface area contributed by atoms with Crippen LogP contribution in [0.4, 0.5) is 17.5 Å². The summed E-state index contributed by atoms with van der Waals surface area (Å²) in [4.78, 5) is 11.5. The Morgan fingerprint density at radius 2 is 1.95 bits per heavy atom. The molecule has 1 aliphatic rings. The third-order valence-corrected chi connectivity index (χ3v) is 4.26. The monoisotopic (exact) mass is 316 g/mol. The number of nitrogens with one attached hydrogen (secondary N) is 1. The molecular weight excluding hydrogens is 296 g/mol. The minimum Gasteiger partial charge on any atom is -0.356 e. The summed E-state index contributed by atoms with van der Waals surface area (Å²) in [5, 5.41) is 3.94. The van der Waals surface area contributed by atoms with Gasteiger partial charge in [-0.3, -0.25) is 0 Å². The fourth-order valence-corrected chi connectivity index (χ4v) is 2.89. The average Bonchev–Trinajstić information content (AvgIpc) is 2.47. The van der Waals surface area contributed by atoms with Crippen molar-refractivity contribution in [2.45, 2.75) is 26.7 Å². The molecule has 1 fully saturated rings. The van der Waals surface area contributed by atoms with Crippen molar-refractivity contribution in [1.82, 2.24) is 9.97 Å². The van der Waals surface area contributed by atoms with Crippen LogP contribution < -0.4 is 10.2 Å². The van der Waals surface area contributed by atoms with Gasteiger partial charge < -0.3 is 10.2 Å². The fraction of sp³-hybridized carbons (Fsp3) is 0.412. The zero-order valence-corrected chi connectivity index (χ0v) is 13.8. The Bertz CT molecular complexity index is 651. The molecule has 0 radical (unpaired) electrons. The van der Waals surface area contributed by atoms with Crippen LogP contribution >= 0.6 is 11.6 Å². The van der Waals surface area contributed by atoms with Crippen molar-refractivity contribution < 1.29 is 0 Å². The molecular formula is C17H21ClN4. The van der Waals surface area contributed by atoms with E-state index in [0.29, 0.717) is 11.0 Å². The zero-order chi connectivity index (χ0) is 15.5. The van der Waals surface area contributed by atoms with E-state index in [1.54, 1.807) is 0 Å². The van der Waals surface area contributed by atoms with Crippen molar-refractivity contribution >= 4 is 29.1 Å². The van der Waals surface area contributed by atoms with Gasteiger partial charge in [0.2, 0.25) is 5.95 Å². The number of aryl methyl sites for hydroxylation is 1. The third-order valence-electron chi connectivity index (χ3n) is 4.03. The van der Waals surface area contributed by atoms with Crippen LogP contribution in [0, 0.1) is 12.8 Å². The summed E-state index contributed by atoms with van der Waals surface area (Å²) in [7, 11) is 0. The quantitative estimate of drug-likeness (QED) is 0.910. The standard InChI is InChI=1S/C17H21ClN4/c1-12-6-8-22(9-7-12)16-10-13(2)19-17(21-16)20-15-5-3-4-14(18)11-15/h3-5,10-12H,6-9H2,1-2H3,(H,19,20,21). The van der Waals surface area contributed by atoms with Crippen LogP contribution in [0.5, 0.6) is 0 Å². The third kappa shape index (κ3) is 3.69. The highest BCUT2D eigenvalue weighted by atomic mass is 35.5. The van der Waals surface area contributed by atoms with E-state index in [1.165, 1.54) is 12.8 Å². The van der Waals surface area contributed by atoms with E-state index in [-0.39, 0.29) is 0 Å². The molecule has 0 bridgehead atoms. The van der Waals surface area contributed by atoms with Gasteiger partial charge in [0, 0.05) is 35.6 Å². The summed E-state index contributed by atoms with van der Waals surface area (Å²) in [6.07, 6.45) is 2.44. The topological polar surface area (TPSA) is 41.1 Å². The van der Waals surface area contributed by atoms with Gasteiger partial charge in [0.05, 0.1) is 0 Å². The normalized spacial score (nSPS) is 15.9. The molecule has 0 aliphatic carbocycles. The van der Waals surface area contributed by atoms with E-state index in [0.717, 1.165) is 36.2 Å². The molecule has 1 aromatic carbocycles. The number of hydrogen-bond donors (Lipinski definition) is 1. The highest BCUT2D eigenvalue weighted by Crippen LogP contribution is 2.24. The molecule has 0 amide bonds. The maximum Gasteiger partial charge on any atom is 0.229 e. The molecule has 0 spiro atoms. The Hall–Kier alpha value is -1.81. The molecule has 5 heteroatoms. The molecule has 1 aliphatic heterocycles. The molecule has 22 heavy (non-hydrogen) atoms. The molecule has 0 atom stereocenters. The number of piperidine rings is 1. The van der Waals surface area contributed by atoms with Crippen LogP contribution in [0.15, 0.2) is 30.3 Å². The fourth-order valence-electron chi connectivity index (χ4n) is 2.70. The lowest BCUT2D eigenvalue weighted by Gasteiger charge is -2.31. The number of rotatable bonds is 3. The molecule has 4 nitrogen and oxygen atoms in total. The number of benzene rings is 1. The predicted octanol–water partition coefficient (Wildman–Crippen LogP) is 4.42. The molecule has 0 saturated carbocycles. The Balaban J connectivity index is 1.80. The van der Waals surface area contributed by atoms with Crippen molar-refractivity contribution in [3.05, 3.63) is 41.0 Å².